The largest absolute Gasteiger partial charge is 0.481 e. The molecule has 0 spiro atoms. The van der Waals surface area contributed by atoms with Crippen molar-refractivity contribution < 1.29 is 19.4 Å². The number of unbranched alkanes of at least 4 members (excludes halogenated alkanes) is 1. The molecule has 0 aromatic rings. The normalized spacial score (nSPS) is 25.2. The van der Waals surface area contributed by atoms with Crippen molar-refractivity contribution >= 4 is 25.4 Å². The number of rotatable bonds is 7. The van der Waals surface area contributed by atoms with E-state index in [0.29, 0.717) is 37.0 Å². The first kappa shape index (κ1) is 20.3. The maximum absolute atomic E-state index is 11.9. The summed E-state index contributed by atoms with van der Waals surface area (Å²) in [4.78, 5) is 22.3. The molecule has 21 heavy (non-hydrogen) atoms. The zero-order valence-electron chi connectivity index (χ0n) is 13.4. The molecular formula is C16H30O4S. The van der Waals surface area contributed by atoms with Gasteiger partial charge in [0.25, 0.3) is 0 Å². The van der Waals surface area contributed by atoms with E-state index in [1.165, 1.54) is 6.42 Å². The number of esters is 1. The van der Waals surface area contributed by atoms with Gasteiger partial charge in [-0.3, -0.25) is 9.59 Å². The Bertz CT molecular complexity index is 330. The van der Waals surface area contributed by atoms with E-state index < -0.39 is 5.97 Å². The van der Waals surface area contributed by atoms with Crippen molar-refractivity contribution in [3.8, 4) is 0 Å². The van der Waals surface area contributed by atoms with E-state index in [4.69, 9.17) is 9.84 Å². The number of carbonyl (C=O) groups is 2. The Labute approximate surface area is 135 Å². The summed E-state index contributed by atoms with van der Waals surface area (Å²) in [6.45, 7) is 6.59. The van der Waals surface area contributed by atoms with E-state index in [1.54, 1.807) is 0 Å². The monoisotopic (exact) mass is 318 g/mol. The summed E-state index contributed by atoms with van der Waals surface area (Å²) in [5.41, 5.74) is 0. The zero-order chi connectivity index (χ0) is 15.1. The van der Waals surface area contributed by atoms with Crippen LogP contribution in [0.1, 0.15) is 65.7 Å². The lowest BCUT2D eigenvalue weighted by Gasteiger charge is -2.36. The lowest BCUT2D eigenvalue weighted by molar-refractivity contribution is -0.156. The first-order valence-electron chi connectivity index (χ1n) is 7.81. The van der Waals surface area contributed by atoms with Crippen molar-refractivity contribution in [3.05, 3.63) is 0 Å². The number of hydrogen-bond acceptors (Lipinski definition) is 3. The zero-order valence-corrected chi connectivity index (χ0v) is 14.4. The van der Waals surface area contributed by atoms with Crippen LogP contribution in [0.4, 0.5) is 0 Å². The summed E-state index contributed by atoms with van der Waals surface area (Å²) in [7, 11) is 0. The van der Waals surface area contributed by atoms with E-state index >= 15 is 0 Å². The summed E-state index contributed by atoms with van der Waals surface area (Å²) >= 11 is 0. The first-order valence-corrected chi connectivity index (χ1v) is 7.81. The fraction of sp³-hybridized carbons (Fsp3) is 0.875. The molecule has 1 saturated carbocycles. The highest BCUT2D eigenvalue weighted by atomic mass is 32.1. The molecule has 3 atom stereocenters. The van der Waals surface area contributed by atoms with E-state index in [1.807, 2.05) is 0 Å². The fourth-order valence-corrected chi connectivity index (χ4v) is 3.02. The van der Waals surface area contributed by atoms with Crippen molar-refractivity contribution in [2.45, 2.75) is 71.8 Å². The smallest absolute Gasteiger partial charge is 0.306 e. The molecule has 1 N–H and O–H groups in total. The molecule has 5 heteroatoms. The fourth-order valence-electron chi connectivity index (χ4n) is 3.02. The minimum atomic E-state index is -0.806. The van der Waals surface area contributed by atoms with Crippen molar-refractivity contribution in [3.63, 3.8) is 0 Å². The predicted molar refractivity (Wildman–Crippen MR) is 87.7 cm³/mol. The number of carboxylic acid groups (broad SMARTS) is 1. The molecule has 0 aromatic heterocycles. The van der Waals surface area contributed by atoms with Crippen LogP contribution < -0.4 is 0 Å². The van der Waals surface area contributed by atoms with Gasteiger partial charge in [0.15, 0.2) is 0 Å². The Morgan fingerprint density at radius 1 is 1.19 bits per heavy atom. The van der Waals surface area contributed by atoms with E-state index in [2.05, 4.69) is 20.8 Å². The number of carbonyl (C=O) groups excluding carboxylic acids is 1. The molecule has 0 aromatic carbocycles. The Kier molecular flexibility index (Phi) is 9.75. The second-order valence-electron chi connectivity index (χ2n) is 6.46. The maximum atomic E-state index is 11.9. The summed E-state index contributed by atoms with van der Waals surface area (Å²) in [6.07, 6.45) is 4.96. The predicted octanol–water partition coefficient (Wildman–Crippen LogP) is 3.75. The molecule has 124 valence electrons. The highest BCUT2D eigenvalue weighted by molar-refractivity contribution is 7.59. The molecule has 0 bridgehead atoms. The minimum Gasteiger partial charge on any atom is -0.481 e. The van der Waals surface area contributed by atoms with Gasteiger partial charge in [0.2, 0.25) is 0 Å². The number of ether oxygens (including phenoxy) is 1. The van der Waals surface area contributed by atoms with E-state index in [9.17, 15) is 9.59 Å². The van der Waals surface area contributed by atoms with Crippen molar-refractivity contribution in [2.24, 2.45) is 17.8 Å². The SMILES string of the molecule is CC(C)[C@@H]1CC[C@@H](C)C[C@H]1OC(=O)CCCCC(=O)O.S. The van der Waals surface area contributed by atoms with Gasteiger partial charge >= 0.3 is 11.9 Å². The second kappa shape index (κ2) is 10.1. The average Bonchev–Trinajstić information content (AvgIpc) is 2.34. The van der Waals surface area contributed by atoms with Gasteiger partial charge in [0.05, 0.1) is 0 Å². The topological polar surface area (TPSA) is 63.6 Å². The third-order valence-corrected chi connectivity index (χ3v) is 4.27. The maximum Gasteiger partial charge on any atom is 0.306 e. The molecule has 0 heterocycles. The van der Waals surface area contributed by atoms with Crippen molar-refractivity contribution in [2.75, 3.05) is 0 Å². The van der Waals surface area contributed by atoms with Crippen LogP contribution in [0.15, 0.2) is 0 Å². The third-order valence-electron chi connectivity index (χ3n) is 4.27. The molecule has 1 aliphatic carbocycles. The van der Waals surface area contributed by atoms with Crippen LogP contribution in [0, 0.1) is 17.8 Å². The quantitative estimate of drug-likeness (QED) is 0.573. The van der Waals surface area contributed by atoms with Crippen LogP contribution in [0.5, 0.6) is 0 Å². The molecule has 0 aliphatic heterocycles. The Balaban J connectivity index is 0.00000400. The van der Waals surface area contributed by atoms with Crippen LogP contribution in [0.3, 0.4) is 0 Å². The van der Waals surface area contributed by atoms with Crippen LogP contribution in [-0.4, -0.2) is 23.1 Å². The number of hydrogen-bond donors (Lipinski definition) is 1. The molecular weight excluding hydrogens is 288 g/mol. The van der Waals surface area contributed by atoms with Gasteiger partial charge in [-0.2, -0.15) is 13.5 Å². The van der Waals surface area contributed by atoms with Crippen LogP contribution in [0.2, 0.25) is 0 Å². The summed E-state index contributed by atoms with van der Waals surface area (Å²) < 4.78 is 5.66. The highest BCUT2D eigenvalue weighted by Gasteiger charge is 2.33. The summed E-state index contributed by atoms with van der Waals surface area (Å²) in [6, 6.07) is 0. The van der Waals surface area contributed by atoms with Crippen molar-refractivity contribution in [1.82, 2.24) is 0 Å². The van der Waals surface area contributed by atoms with E-state index in [0.717, 1.165) is 12.8 Å². The first-order chi connectivity index (χ1) is 9.40. The van der Waals surface area contributed by atoms with Gasteiger partial charge in [-0.15, -0.1) is 0 Å². The molecule has 1 aliphatic rings. The number of carboxylic acids is 1. The van der Waals surface area contributed by atoms with Crippen LogP contribution in [-0.2, 0) is 14.3 Å². The minimum absolute atomic E-state index is 0. The Morgan fingerprint density at radius 3 is 2.38 bits per heavy atom. The molecule has 0 radical (unpaired) electrons. The van der Waals surface area contributed by atoms with Gasteiger partial charge in [-0.05, 0) is 43.4 Å². The third kappa shape index (κ3) is 7.74. The van der Waals surface area contributed by atoms with Gasteiger partial charge in [-0.1, -0.05) is 27.2 Å². The molecule has 1 fully saturated rings. The lowest BCUT2D eigenvalue weighted by Crippen LogP contribution is -2.35. The molecule has 0 amide bonds. The van der Waals surface area contributed by atoms with E-state index in [-0.39, 0.29) is 32.0 Å². The standard InChI is InChI=1S/C16H28O4.H2S/c1-11(2)13-9-8-12(3)10-14(13)20-16(19)7-5-4-6-15(17)18;/h11-14H,4-10H2,1-3H3,(H,17,18);1H2/t12-,13+,14-;/m1./s1. The number of aliphatic carboxylic acids is 1. The van der Waals surface area contributed by atoms with Crippen molar-refractivity contribution in [1.29, 1.82) is 0 Å². The molecule has 0 unspecified atom stereocenters. The summed E-state index contributed by atoms with van der Waals surface area (Å²) in [5, 5.41) is 8.55. The lowest BCUT2D eigenvalue weighted by atomic mass is 9.75. The van der Waals surface area contributed by atoms with Crippen LogP contribution in [0.25, 0.3) is 0 Å². The van der Waals surface area contributed by atoms with Gasteiger partial charge in [0.1, 0.15) is 6.10 Å². The van der Waals surface area contributed by atoms with Gasteiger partial charge in [-0.25, -0.2) is 0 Å². The van der Waals surface area contributed by atoms with Crippen LogP contribution >= 0.6 is 13.5 Å². The second-order valence-corrected chi connectivity index (χ2v) is 6.46. The Hall–Kier alpha value is -0.710. The summed E-state index contributed by atoms with van der Waals surface area (Å²) in [5.74, 6) is 0.649. The molecule has 1 rings (SSSR count). The highest BCUT2D eigenvalue weighted by Crippen LogP contribution is 2.35. The van der Waals surface area contributed by atoms with Gasteiger partial charge < -0.3 is 9.84 Å². The Morgan fingerprint density at radius 2 is 1.81 bits per heavy atom. The average molecular weight is 318 g/mol. The molecule has 0 saturated heterocycles. The molecule has 4 nitrogen and oxygen atoms in total. The van der Waals surface area contributed by atoms with Gasteiger partial charge in [0, 0.05) is 12.8 Å².